The van der Waals surface area contributed by atoms with Gasteiger partial charge in [0.05, 0.1) is 6.61 Å². The van der Waals surface area contributed by atoms with E-state index in [1.165, 1.54) is 0 Å². The Morgan fingerprint density at radius 1 is 0.821 bits per heavy atom. The zero-order chi connectivity index (χ0) is 20.2. The highest BCUT2D eigenvalue weighted by Crippen LogP contribution is 2.12. The van der Waals surface area contributed by atoms with E-state index in [-0.39, 0.29) is 18.7 Å². The smallest absolute Gasteiger partial charge is 0.269 e. The largest absolute Gasteiger partial charge is 0.491 e. The second-order valence-corrected chi connectivity index (χ2v) is 5.78. The van der Waals surface area contributed by atoms with Gasteiger partial charge in [0.2, 0.25) is 11.8 Å². The van der Waals surface area contributed by atoms with E-state index >= 15 is 0 Å². The maximum Gasteiger partial charge on any atom is 0.269 e. The molecular weight excluding hydrogens is 362 g/mol. The summed E-state index contributed by atoms with van der Waals surface area (Å²) < 4.78 is 10.3. The molecule has 0 spiro atoms. The molecule has 0 aliphatic rings. The van der Waals surface area contributed by atoms with Crippen molar-refractivity contribution in [3.05, 3.63) is 60.2 Å². The SMILES string of the molecule is COCCOc1ccc(C(=O)NNC(=O)CCC(=O)Nc2ccccc2)cc1. The fraction of sp³-hybridized carbons (Fsp3) is 0.250. The number of nitrogens with one attached hydrogen (secondary N) is 3. The summed E-state index contributed by atoms with van der Waals surface area (Å²) in [4.78, 5) is 35.6. The fourth-order valence-electron chi connectivity index (χ4n) is 2.18. The standard InChI is InChI=1S/C20H23N3O5/c1-27-13-14-28-17-9-7-15(8-10-17)20(26)23-22-19(25)12-11-18(24)21-16-5-3-2-4-6-16/h2-10H,11-14H2,1H3,(H,21,24)(H,22,25)(H,23,26). The van der Waals surface area contributed by atoms with Gasteiger partial charge in [0, 0.05) is 31.2 Å². The van der Waals surface area contributed by atoms with E-state index in [1.807, 2.05) is 6.07 Å². The van der Waals surface area contributed by atoms with Crippen molar-refractivity contribution >= 4 is 23.4 Å². The first-order valence-electron chi connectivity index (χ1n) is 8.74. The van der Waals surface area contributed by atoms with E-state index in [9.17, 15) is 14.4 Å². The molecule has 8 heteroatoms. The molecule has 0 fully saturated rings. The number of rotatable bonds is 9. The van der Waals surface area contributed by atoms with Crippen LogP contribution in [0.5, 0.6) is 5.75 Å². The molecule has 0 atom stereocenters. The van der Waals surface area contributed by atoms with Crippen LogP contribution < -0.4 is 20.9 Å². The molecule has 2 aromatic rings. The van der Waals surface area contributed by atoms with E-state index in [4.69, 9.17) is 9.47 Å². The second-order valence-electron chi connectivity index (χ2n) is 5.78. The van der Waals surface area contributed by atoms with Crippen LogP contribution in [0.4, 0.5) is 5.69 Å². The Bertz CT molecular complexity index is 778. The number of benzene rings is 2. The number of amides is 3. The highest BCUT2D eigenvalue weighted by Gasteiger charge is 2.10. The Morgan fingerprint density at radius 2 is 1.50 bits per heavy atom. The van der Waals surface area contributed by atoms with Crippen LogP contribution in [0.2, 0.25) is 0 Å². The lowest BCUT2D eigenvalue weighted by molar-refractivity contribution is -0.124. The van der Waals surface area contributed by atoms with Gasteiger partial charge in [-0.1, -0.05) is 18.2 Å². The third kappa shape index (κ3) is 7.46. The van der Waals surface area contributed by atoms with Gasteiger partial charge in [-0.15, -0.1) is 0 Å². The fourth-order valence-corrected chi connectivity index (χ4v) is 2.18. The average Bonchev–Trinajstić information content (AvgIpc) is 2.72. The van der Waals surface area contributed by atoms with Crippen LogP contribution in [0.1, 0.15) is 23.2 Å². The summed E-state index contributed by atoms with van der Waals surface area (Å²) in [5.74, 6) is -0.597. The number of para-hydroxylation sites is 1. The predicted molar refractivity (Wildman–Crippen MR) is 104 cm³/mol. The van der Waals surface area contributed by atoms with Gasteiger partial charge in [0.1, 0.15) is 12.4 Å². The summed E-state index contributed by atoms with van der Waals surface area (Å²) in [6.45, 7) is 0.883. The maximum absolute atomic E-state index is 12.0. The first-order valence-corrected chi connectivity index (χ1v) is 8.74. The number of carbonyl (C=O) groups excluding carboxylic acids is 3. The number of hydrogen-bond acceptors (Lipinski definition) is 5. The molecule has 0 aliphatic carbocycles. The summed E-state index contributed by atoms with van der Waals surface area (Å²) in [5.41, 5.74) is 5.63. The number of carbonyl (C=O) groups is 3. The van der Waals surface area contributed by atoms with Crippen molar-refractivity contribution < 1.29 is 23.9 Å². The molecule has 148 valence electrons. The van der Waals surface area contributed by atoms with Crippen LogP contribution in [0.3, 0.4) is 0 Å². The molecule has 0 aromatic heterocycles. The van der Waals surface area contributed by atoms with Crippen LogP contribution in [0.15, 0.2) is 54.6 Å². The van der Waals surface area contributed by atoms with Gasteiger partial charge >= 0.3 is 0 Å². The van der Waals surface area contributed by atoms with Gasteiger partial charge in [-0.3, -0.25) is 25.2 Å². The third-order valence-electron chi connectivity index (χ3n) is 3.62. The van der Waals surface area contributed by atoms with E-state index in [0.717, 1.165) is 0 Å². The molecule has 0 saturated heterocycles. The normalized spacial score (nSPS) is 10.0. The monoisotopic (exact) mass is 385 g/mol. The molecule has 0 aliphatic heterocycles. The number of anilines is 1. The Kier molecular flexibility index (Phi) is 8.48. The highest BCUT2D eigenvalue weighted by atomic mass is 16.5. The molecule has 28 heavy (non-hydrogen) atoms. The van der Waals surface area contributed by atoms with Gasteiger partial charge < -0.3 is 14.8 Å². The van der Waals surface area contributed by atoms with Crippen molar-refractivity contribution in [3.63, 3.8) is 0 Å². The predicted octanol–water partition coefficient (Wildman–Crippen LogP) is 1.89. The van der Waals surface area contributed by atoms with Crippen LogP contribution >= 0.6 is 0 Å². The molecular formula is C20H23N3O5. The van der Waals surface area contributed by atoms with Gasteiger partial charge in [-0.25, -0.2) is 0 Å². The molecule has 0 bridgehead atoms. The molecule has 8 nitrogen and oxygen atoms in total. The Morgan fingerprint density at radius 3 is 2.18 bits per heavy atom. The van der Waals surface area contributed by atoms with Gasteiger partial charge in [0.25, 0.3) is 5.91 Å². The van der Waals surface area contributed by atoms with Gasteiger partial charge in [-0.2, -0.15) is 0 Å². The van der Waals surface area contributed by atoms with Crippen molar-refractivity contribution in [2.45, 2.75) is 12.8 Å². The third-order valence-corrected chi connectivity index (χ3v) is 3.62. The molecule has 0 heterocycles. The minimum Gasteiger partial charge on any atom is -0.491 e. The van der Waals surface area contributed by atoms with Crippen molar-refractivity contribution in [1.82, 2.24) is 10.9 Å². The first-order chi connectivity index (χ1) is 13.6. The van der Waals surface area contributed by atoms with E-state index in [2.05, 4.69) is 16.2 Å². The second kappa shape index (κ2) is 11.3. The van der Waals surface area contributed by atoms with Crippen molar-refractivity contribution in [1.29, 1.82) is 0 Å². The van der Waals surface area contributed by atoms with Crippen molar-refractivity contribution in [3.8, 4) is 5.75 Å². The molecule has 3 N–H and O–H groups in total. The van der Waals surface area contributed by atoms with Crippen LogP contribution in [0, 0.1) is 0 Å². The van der Waals surface area contributed by atoms with Crippen molar-refractivity contribution in [2.24, 2.45) is 0 Å². The first kappa shape index (κ1) is 20.9. The Labute approximate surface area is 163 Å². The zero-order valence-electron chi connectivity index (χ0n) is 15.6. The van der Waals surface area contributed by atoms with E-state index in [0.29, 0.717) is 30.2 Å². The molecule has 0 unspecified atom stereocenters. The topological polar surface area (TPSA) is 106 Å². The van der Waals surface area contributed by atoms with Crippen LogP contribution in [-0.4, -0.2) is 38.0 Å². The quantitative estimate of drug-likeness (QED) is 0.452. The van der Waals surface area contributed by atoms with Gasteiger partial charge in [-0.05, 0) is 36.4 Å². The van der Waals surface area contributed by atoms with Crippen molar-refractivity contribution in [2.75, 3.05) is 25.6 Å². The summed E-state index contributed by atoms with van der Waals surface area (Å²) in [7, 11) is 1.58. The number of hydrazine groups is 1. The lowest BCUT2D eigenvalue weighted by Gasteiger charge is -2.09. The highest BCUT2D eigenvalue weighted by molar-refractivity contribution is 5.96. The maximum atomic E-state index is 12.0. The van der Waals surface area contributed by atoms with Crippen LogP contribution in [-0.2, 0) is 14.3 Å². The summed E-state index contributed by atoms with van der Waals surface area (Å²) in [5, 5.41) is 2.69. The van der Waals surface area contributed by atoms with E-state index in [1.54, 1.807) is 55.6 Å². The molecule has 2 rings (SSSR count). The minimum atomic E-state index is -0.467. The summed E-state index contributed by atoms with van der Waals surface area (Å²) in [6, 6.07) is 15.4. The van der Waals surface area contributed by atoms with Crippen LogP contribution in [0.25, 0.3) is 0 Å². The average molecular weight is 385 g/mol. The Balaban J connectivity index is 1.68. The zero-order valence-corrected chi connectivity index (χ0v) is 15.6. The number of methoxy groups -OCH3 is 1. The Hall–Kier alpha value is -3.39. The van der Waals surface area contributed by atoms with Gasteiger partial charge in [0.15, 0.2) is 0 Å². The number of hydrogen-bond donors (Lipinski definition) is 3. The molecule has 3 amide bonds. The minimum absolute atomic E-state index is 0.00408. The number of ether oxygens (including phenoxy) is 2. The summed E-state index contributed by atoms with van der Waals surface area (Å²) >= 11 is 0. The van der Waals surface area contributed by atoms with E-state index < -0.39 is 11.8 Å². The molecule has 0 radical (unpaired) electrons. The lowest BCUT2D eigenvalue weighted by atomic mass is 10.2. The molecule has 2 aromatic carbocycles. The summed E-state index contributed by atoms with van der Waals surface area (Å²) in [6.07, 6.45) is -0.0463. The molecule has 0 saturated carbocycles. The lowest BCUT2D eigenvalue weighted by Crippen LogP contribution is -2.41.